The van der Waals surface area contributed by atoms with E-state index < -0.39 is 0 Å². The fourth-order valence-corrected chi connectivity index (χ4v) is 1.38. The van der Waals surface area contributed by atoms with Crippen LogP contribution in [0.3, 0.4) is 0 Å². The highest BCUT2D eigenvalue weighted by Crippen LogP contribution is 2.13. The molecule has 1 heterocycles. The fourth-order valence-electron chi connectivity index (χ4n) is 1.38. The third-order valence-corrected chi connectivity index (χ3v) is 2.30. The highest BCUT2D eigenvalue weighted by atomic mass is 16.5. The smallest absolute Gasteiger partial charge is 0.234 e. The molecule has 0 bridgehead atoms. The van der Waals surface area contributed by atoms with E-state index in [0.717, 1.165) is 5.69 Å². The van der Waals surface area contributed by atoms with Crippen LogP contribution in [-0.4, -0.2) is 42.8 Å². The van der Waals surface area contributed by atoms with Crippen LogP contribution < -0.4 is 10.6 Å². The standard InChI is InChI=1S/C12H19N3O3/c1-9-3-4-11(16)10(15-9)7-13-8-12(17)14-5-6-18-2/h3-4,13,16H,5-8H2,1-2H3,(H,14,17). The van der Waals surface area contributed by atoms with Gasteiger partial charge in [-0.1, -0.05) is 0 Å². The number of aromatic nitrogens is 1. The lowest BCUT2D eigenvalue weighted by molar-refractivity contribution is -0.120. The van der Waals surface area contributed by atoms with E-state index in [1.54, 1.807) is 19.2 Å². The number of aryl methyl sites for hydroxylation is 1. The summed E-state index contributed by atoms with van der Waals surface area (Å²) in [4.78, 5) is 15.5. The van der Waals surface area contributed by atoms with Gasteiger partial charge in [-0.3, -0.25) is 9.78 Å². The zero-order chi connectivity index (χ0) is 13.4. The van der Waals surface area contributed by atoms with E-state index in [0.29, 0.717) is 25.4 Å². The van der Waals surface area contributed by atoms with Crippen molar-refractivity contribution in [1.82, 2.24) is 15.6 Å². The molecule has 0 unspecified atom stereocenters. The molecule has 0 fully saturated rings. The third kappa shape index (κ3) is 5.11. The van der Waals surface area contributed by atoms with Crippen LogP contribution in [0.15, 0.2) is 12.1 Å². The molecule has 18 heavy (non-hydrogen) atoms. The number of aromatic hydroxyl groups is 1. The lowest BCUT2D eigenvalue weighted by Crippen LogP contribution is -2.35. The number of amides is 1. The van der Waals surface area contributed by atoms with Crippen LogP contribution >= 0.6 is 0 Å². The van der Waals surface area contributed by atoms with Crippen LogP contribution in [0.5, 0.6) is 5.75 Å². The number of methoxy groups -OCH3 is 1. The van der Waals surface area contributed by atoms with Crippen molar-refractivity contribution in [1.29, 1.82) is 0 Å². The Balaban J connectivity index is 2.28. The summed E-state index contributed by atoms with van der Waals surface area (Å²) in [5.41, 5.74) is 1.37. The maximum absolute atomic E-state index is 11.3. The molecule has 6 heteroatoms. The van der Waals surface area contributed by atoms with Gasteiger partial charge in [0.15, 0.2) is 0 Å². The van der Waals surface area contributed by atoms with Gasteiger partial charge < -0.3 is 20.5 Å². The summed E-state index contributed by atoms with van der Waals surface area (Å²) in [6.07, 6.45) is 0. The van der Waals surface area contributed by atoms with Gasteiger partial charge in [0.25, 0.3) is 0 Å². The van der Waals surface area contributed by atoms with Gasteiger partial charge in [0, 0.05) is 25.9 Å². The molecule has 0 spiro atoms. The predicted molar refractivity (Wildman–Crippen MR) is 67.2 cm³/mol. The number of hydrogen-bond acceptors (Lipinski definition) is 5. The summed E-state index contributed by atoms with van der Waals surface area (Å²) in [5.74, 6) is 0.0204. The minimum atomic E-state index is -0.112. The number of pyridine rings is 1. The van der Waals surface area contributed by atoms with Crippen molar-refractivity contribution in [3.8, 4) is 5.75 Å². The molecule has 0 saturated heterocycles. The Hall–Kier alpha value is -1.66. The van der Waals surface area contributed by atoms with E-state index in [9.17, 15) is 9.90 Å². The maximum atomic E-state index is 11.3. The topological polar surface area (TPSA) is 83.5 Å². The molecule has 1 aromatic heterocycles. The van der Waals surface area contributed by atoms with Crippen LogP contribution in [0.1, 0.15) is 11.4 Å². The zero-order valence-electron chi connectivity index (χ0n) is 10.7. The summed E-state index contributed by atoms with van der Waals surface area (Å²) in [5, 5.41) is 15.2. The second-order valence-corrected chi connectivity index (χ2v) is 3.86. The first-order valence-corrected chi connectivity index (χ1v) is 5.75. The molecular formula is C12H19N3O3. The zero-order valence-corrected chi connectivity index (χ0v) is 10.7. The molecule has 100 valence electrons. The molecule has 0 aliphatic rings. The Bertz CT molecular complexity index is 396. The van der Waals surface area contributed by atoms with Crippen LogP contribution in [0, 0.1) is 6.92 Å². The van der Waals surface area contributed by atoms with Crippen LogP contribution in [0.4, 0.5) is 0 Å². The number of nitrogens with one attached hydrogen (secondary N) is 2. The van der Waals surface area contributed by atoms with Gasteiger partial charge in [0.05, 0.1) is 18.8 Å². The van der Waals surface area contributed by atoms with E-state index in [2.05, 4.69) is 15.6 Å². The minimum Gasteiger partial charge on any atom is -0.506 e. The molecule has 6 nitrogen and oxygen atoms in total. The summed E-state index contributed by atoms with van der Waals surface area (Å²) >= 11 is 0. The van der Waals surface area contributed by atoms with E-state index >= 15 is 0 Å². The first kappa shape index (κ1) is 14.4. The summed E-state index contributed by atoms with van der Waals surface area (Å²) in [6, 6.07) is 3.33. The van der Waals surface area contributed by atoms with E-state index in [-0.39, 0.29) is 18.2 Å². The van der Waals surface area contributed by atoms with E-state index in [1.807, 2.05) is 6.92 Å². The molecule has 3 N–H and O–H groups in total. The maximum Gasteiger partial charge on any atom is 0.234 e. The molecule has 1 rings (SSSR count). The SMILES string of the molecule is COCCNC(=O)CNCc1nc(C)ccc1O. The molecule has 0 atom stereocenters. The molecule has 0 aliphatic carbocycles. The number of nitrogens with zero attached hydrogens (tertiary/aromatic N) is 1. The van der Waals surface area contributed by atoms with Gasteiger partial charge in [-0.15, -0.1) is 0 Å². The van der Waals surface area contributed by atoms with E-state index in [1.165, 1.54) is 0 Å². The fraction of sp³-hybridized carbons (Fsp3) is 0.500. The van der Waals surface area contributed by atoms with Crippen molar-refractivity contribution >= 4 is 5.91 Å². The third-order valence-electron chi connectivity index (χ3n) is 2.30. The quantitative estimate of drug-likeness (QED) is 0.593. The lowest BCUT2D eigenvalue weighted by Gasteiger charge is -2.07. The molecule has 0 saturated carbocycles. The van der Waals surface area contributed by atoms with Crippen molar-refractivity contribution in [2.45, 2.75) is 13.5 Å². The van der Waals surface area contributed by atoms with E-state index in [4.69, 9.17) is 4.74 Å². The number of carbonyl (C=O) groups is 1. The van der Waals surface area contributed by atoms with Crippen molar-refractivity contribution < 1.29 is 14.6 Å². The molecule has 1 aromatic rings. The average molecular weight is 253 g/mol. The Morgan fingerprint density at radius 3 is 3.00 bits per heavy atom. The molecule has 0 aliphatic heterocycles. The van der Waals surface area contributed by atoms with Gasteiger partial charge in [0.1, 0.15) is 5.75 Å². The van der Waals surface area contributed by atoms with Crippen molar-refractivity contribution in [2.75, 3.05) is 26.8 Å². The number of carbonyl (C=O) groups excluding carboxylic acids is 1. The second-order valence-electron chi connectivity index (χ2n) is 3.86. The molecular weight excluding hydrogens is 234 g/mol. The van der Waals surface area contributed by atoms with Gasteiger partial charge in [0.2, 0.25) is 5.91 Å². The first-order chi connectivity index (χ1) is 8.63. The molecule has 1 amide bonds. The minimum absolute atomic E-state index is 0.112. The van der Waals surface area contributed by atoms with Crippen LogP contribution in [-0.2, 0) is 16.1 Å². The Kier molecular flexibility index (Phi) is 6.10. The Labute approximate surface area is 106 Å². The Morgan fingerprint density at radius 2 is 2.28 bits per heavy atom. The summed E-state index contributed by atoms with van der Waals surface area (Å²) < 4.78 is 4.82. The highest BCUT2D eigenvalue weighted by Gasteiger charge is 2.04. The lowest BCUT2D eigenvalue weighted by atomic mass is 10.3. The number of rotatable bonds is 7. The predicted octanol–water partition coefficient (Wildman–Crippen LogP) is -0.0522. The normalized spacial score (nSPS) is 10.3. The van der Waals surface area contributed by atoms with Crippen LogP contribution in [0.25, 0.3) is 0 Å². The largest absolute Gasteiger partial charge is 0.506 e. The van der Waals surface area contributed by atoms with Crippen molar-refractivity contribution in [3.63, 3.8) is 0 Å². The van der Waals surface area contributed by atoms with Crippen molar-refractivity contribution in [3.05, 3.63) is 23.5 Å². The number of ether oxygens (including phenoxy) is 1. The van der Waals surface area contributed by atoms with Gasteiger partial charge >= 0.3 is 0 Å². The molecule has 0 radical (unpaired) electrons. The number of hydrogen-bond donors (Lipinski definition) is 3. The second kappa shape index (κ2) is 7.62. The van der Waals surface area contributed by atoms with Crippen molar-refractivity contribution in [2.24, 2.45) is 0 Å². The van der Waals surface area contributed by atoms with Crippen LogP contribution in [0.2, 0.25) is 0 Å². The molecule has 0 aromatic carbocycles. The van der Waals surface area contributed by atoms with Gasteiger partial charge in [-0.05, 0) is 19.1 Å². The van der Waals surface area contributed by atoms with Gasteiger partial charge in [-0.2, -0.15) is 0 Å². The Morgan fingerprint density at radius 1 is 1.50 bits per heavy atom. The summed E-state index contributed by atoms with van der Waals surface area (Å²) in [6.45, 7) is 3.36. The highest BCUT2D eigenvalue weighted by molar-refractivity contribution is 5.77. The average Bonchev–Trinajstić information content (AvgIpc) is 2.34. The van der Waals surface area contributed by atoms with Gasteiger partial charge in [-0.25, -0.2) is 0 Å². The summed E-state index contributed by atoms with van der Waals surface area (Å²) in [7, 11) is 1.58. The first-order valence-electron chi connectivity index (χ1n) is 5.75. The monoisotopic (exact) mass is 253 g/mol.